The van der Waals surface area contributed by atoms with Crippen LogP contribution in [0, 0.1) is 5.82 Å². The van der Waals surface area contributed by atoms with Crippen LogP contribution < -0.4 is 5.73 Å². The van der Waals surface area contributed by atoms with Crippen molar-refractivity contribution in [2.45, 2.75) is 6.04 Å². The molecule has 1 atom stereocenters. The zero-order valence-electron chi connectivity index (χ0n) is 6.67. The number of aliphatic hydroxyl groups is 1. The van der Waals surface area contributed by atoms with E-state index in [1.807, 2.05) is 0 Å². The zero-order chi connectivity index (χ0) is 10.0. The van der Waals surface area contributed by atoms with Crippen molar-refractivity contribution in [3.05, 3.63) is 28.5 Å². The summed E-state index contributed by atoms with van der Waals surface area (Å²) in [6.45, 7) is -0.366. The number of phenolic OH excluding ortho intramolecular Hbond substituents is 1. The number of halogens is 2. The molecule has 1 aromatic carbocycles. The Morgan fingerprint density at radius 1 is 1.54 bits per heavy atom. The van der Waals surface area contributed by atoms with E-state index in [4.69, 9.17) is 22.4 Å². The fourth-order valence-corrected chi connectivity index (χ4v) is 1.10. The van der Waals surface area contributed by atoms with Crippen molar-refractivity contribution < 1.29 is 14.6 Å². The molecule has 0 amide bonds. The van der Waals surface area contributed by atoms with Crippen LogP contribution in [-0.4, -0.2) is 16.8 Å². The van der Waals surface area contributed by atoms with Crippen LogP contribution in [0.1, 0.15) is 11.6 Å². The maximum absolute atomic E-state index is 13.0. The van der Waals surface area contributed by atoms with Crippen molar-refractivity contribution in [1.82, 2.24) is 0 Å². The molecule has 5 heteroatoms. The molecule has 13 heavy (non-hydrogen) atoms. The van der Waals surface area contributed by atoms with Crippen LogP contribution in [0.5, 0.6) is 5.75 Å². The molecule has 72 valence electrons. The van der Waals surface area contributed by atoms with Gasteiger partial charge < -0.3 is 15.9 Å². The van der Waals surface area contributed by atoms with Crippen molar-refractivity contribution >= 4 is 11.6 Å². The van der Waals surface area contributed by atoms with Gasteiger partial charge >= 0.3 is 0 Å². The van der Waals surface area contributed by atoms with Crippen molar-refractivity contribution in [1.29, 1.82) is 0 Å². The molecule has 1 aromatic rings. The highest BCUT2D eigenvalue weighted by Gasteiger charge is 2.15. The summed E-state index contributed by atoms with van der Waals surface area (Å²) in [5, 5.41) is 17.7. The summed E-state index contributed by atoms with van der Waals surface area (Å²) in [5.74, 6) is -1.52. The smallest absolute Gasteiger partial charge is 0.183 e. The maximum atomic E-state index is 13.0. The Balaban J connectivity index is 3.18. The van der Waals surface area contributed by atoms with Gasteiger partial charge in [-0.3, -0.25) is 0 Å². The average molecular weight is 206 g/mol. The van der Waals surface area contributed by atoms with Gasteiger partial charge in [-0.05, 0) is 6.07 Å². The first kappa shape index (κ1) is 10.2. The van der Waals surface area contributed by atoms with E-state index in [-0.39, 0.29) is 17.2 Å². The van der Waals surface area contributed by atoms with Gasteiger partial charge in [-0.2, -0.15) is 0 Å². The van der Waals surface area contributed by atoms with E-state index in [9.17, 15) is 9.50 Å². The van der Waals surface area contributed by atoms with E-state index in [0.29, 0.717) is 0 Å². The Morgan fingerprint density at radius 3 is 2.69 bits per heavy atom. The summed E-state index contributed by atoms with van der Waals surface area (Å²) in [6.07, 6.45) is 0. The second-order valence-corrected chi connectivity index (χ2v) is 3.00. The molecule has 0 unspecified atom stereocenters. The molecule has 0 radical (unpaired) electrons. The molecule has 0 spiro atoms. The summed E-state index contributed by atoms with van der Waals surface area (Å²) in [4.78, 5) is 0. The number of aliphatic hydroxyl groups excluding tert-OH is 1. The Morgan fingerprint density at radius 2 is 2.15 bits per heavy atom. The number of hydrogen-bond donors (Lipinski definition) is 3. The third-order valence-electron chi connectivity index (χ3n) is 1.70. The van der Waals surface area contributed by atoms with Crippen molar-refractivity contribution in [2.24, 2.45) is 5.73 Å². The maximum Gasteiger partial charge on any atom is 0.183 e. The van der Waals surface area contributed by atoms with E-state index in [0.717, 1.165) is 0 Å². The molecule has 0 bridgehead atoms. The predicted octanol–water partition coefficient (Wildman–Crippen LogP) is 1.18. The zero-order valence-corrected chi connectivity index (χ0v) is 7.42. The lowest BCUT2D eigenvalue weighted by atomic mass is 10.1. The molecule has 3 nitrogen and oxygen atoms in total. The lowest BCUT2D eigenvalue weighted by molar-refractivity contribution is 0.264. The lowest BCUT2D eigenvalue weighted by Gasteiger charge is -2.11. The van der Waals surface area contributed by atoms with Gasteiger partial charge in [0.1, 0.15) is 0 Å². The highest BCUT2D eigenvalue weighted by molar-refractivity contribution is 6.30. The number of rotatable bonds is 2. The number of benzene rings is 1. The summed E-state index contributed by atoms with van der Waals surface area (Å²) in [7, 11) is 0. The highest BCUT2D eigenvalue weighted by Crippen LogP contribution is 2.30. The first-order valence-electron chi connectivity index (χ1n) is 3.61. The van der Waals surface area contributed by atoms with Crippen molar-refractivity contribution in [2.75, 3.05) is 6.61 Å². The van der Waals surface area contributed by atoms with Gasteiger partial charge in [-0.1, -0.05) is 17.7 Å². The summed E-state index contributed by atoms with van der Waals surface area (Å²) in [6, 6.07) is 1.86. The van der Waals surface area contributed by atoms with Gasteiger partial charge in [0.05, 0.1) is 17.7 Å². The fraction of sp³-hybridized carbons (Fsp3) is 0.250. The first-order chi connectivity index (χ1) is 6.07. The normalized spacial score (nSPS) is 12.9. The number of aromatic hydroxyl groups is 1. The Bertz CT molecular complexity index is 319. The van der Waals surface area contributed by atoms with Gasteiger partial charge in [0.25, 0.3) is 0 Å². The minimum atomic E-state index is -0.914. The lowest BCUT2D eigenvalue weighted by Crippen LogP contribution is -2.14. The molecule has 0 aliphatic heterocycles. The largest absolute Gasteiger partial charge is 0.505 e. The van der Waals surface area contributed by atoms with Gasteiger partial charge in [-0.15, -0.1) is 0 Å². The van der Waals surface area contributed by atoms with E-state index < -0.39 is 17.6 Å². The minimum absolute atomic E-state index is 0.143. The van der Waals surface area contributed by atoms with Crippen molar-refractivity contribution in [3.63, 3.8) is 0 Å². The average Bonchev–Trinajstić information content (AvgIpc) is 2.13. The van der Waals surface area contributed by atoms with E-state index in [2.05, 4.69) is 0 Å². The quantitative estimate of drug-likeness (QED) is 0.679. The van der Waals surface area contributed by atoms with Gasteiger partial charge in [-0.25, -0.2) is 4.39 Å². The van der Waals surface area contributed by atoms with E-state index in [1.54, 1.807) is 0 Å². The van der Waals surface area contributed by atoms with Crippen LogP contribution in [0.25, 0.3) is 0 Å². The van der Waals surface area contributed by atoms with Gasteiger partial charge in [0.15, 0.2) is 11.6 Å². The highest BCUT2D eigenvalue weighted by atomic mass is 35.5. The summed E-state index contributed by atoms with van der Waals surface area (Å²) in [5.41, 5.74) is 5.54. The van der Waals surface area contributed by atoms with Crippen LogP contribution in [0.15, 0.2) is 12.1 Å². The first-order valence-corrected chi connectivity index (χ1v) is 3.99. The molecule has 4 N–H and O–H groups in total. The molecule has 0 saturated carbocycles. The molecule has 0 heterocycles. The number of nitrogens with two attached hydrogens (primary N) is 1. The fourth-order valence-electron chi connectivity index (χ4n) is 0.952. The molecular formula is C8H9ClFNO2. The van der Waals surface area contributed by atoms with Gasteiger partial charge in [0, 0.05) is 5.56 Å². The standard InChI is InChI=1S/C8H9ClFNO2/c9-5-2-1-4(6(11)3-12)8(13)7(5)10/h1-2,6,12-13H,3,11H2/t6-/m0/s1. The number of phenols is 1. The predicted molar refractivity (Wildman–Crippen MR) is 47.1 cm³/mol. The van der Waals surface area contributed by atoms with Crippen LogP contribution in [0.2, 0.25) is 5.02 Å². The van der Waals surface area contributed by atoms with Gasteiger partial charge in [0.2, 0.25) is 0 Å². The molecule has 0 aromatic heterocycles. The Kier molecular flexibility index (Phi) is 3.08. The molecule has 0 fully saturated rings. The topological polar surface area (TPSA) is 66.5 Å². The Labute approximate surface area is 79.6 Å². The van der Waals surface area contributed by atoms with Crippen LogP contribution in [0.4, 0.5) is 4.39 Å². The molecule has 0 aliphatic rings. The van der Waals surface area contributed by atoms with Crippen LogP contribution in [-0.2, 0) is 0 Å². The monoisotopic (exact) mass is 205 g/mol. The summed E-state index contributed by atoms with van der Waals surface area (Å²) < 4.78 is 13.0. The second kappa shape index (κ2) is 3.91. The van der Waals surface area contributed by atoms with Crippen LogP contribution >= 0.6 is 11.6 Å². The third-order valence-corrected chi connectivity index (χ3v) is 1.99. The molecule has 0 saturated heterocycles. The molecule has 1 rings (SSSR count). The number of hydrogen-bond acceptors (Lipinski definition) is 3. The van der Waals surface area contributed by atoms with E-state index >= 15 is 0 Å². The third kappa shape index (κ3) is 1.91. The SMILES string of the molecule is N[C@@H](CO)c1ccc(Cl)c(F)c1O. The molecule has 0 aliphatic carbocycles. The van der Waals surface area contributed by atoms with Crippen molar-refractivity contribution in [3.8, 4) is 5.75 Å². The molecular weight excluding hydrogens is 197 g/mol. The minimum Gasteiger partial charge on any atom is -0.505 e. The van der Waals surface area contributed by atoms with Crippen LogP contribution in [0.3, 0.4) is 0 Å². The Hall–Kier alpha value is -0.840. The second-order valence-electron chi connectivity index (χ2n) is 2.59. The summed E-state index contributed by atoms with van der Waals surface area (Å²) >= 11 is 5.40. The van der Waals surface area contributed by atoms with E-state index in [1.165, 1.54) is 12.1 Å².